The summed E-state index contributed by atoms with van der Waals surface area (Å²) in [6, 6.07) is 0. The highest BCUT2D eigenvalue weighted by atomic mass is 28.1. The molecule has 1 unspecified atom stereocenters. The average molecular weight is 343 g/mol. The van der Waals surface area contributed by atoms with Crippen LogP contribution < -0.4 is 0 Å². The van der Waals surface area contributed by atoms with Crippen LogP contribution in [0.1, 0.15) is 61.3 Å². The molecule has 134 valence electrons. The minimum Gasteiger partial charge on any atom is -0.478 e. The third-order valence-corrected chi connectivity index (χ3v) is 7.71. The van der Waals surface area contributed by atoms with Gasteiger partial charge in [0.1, 0.15) is 0 Å². The van der Waals surface area contributed by atoms with Crippen molar-refractivity contribution >= 4 is 22.2 Å². The lowest BCUT2D eigenvalue weighted by molar-refractivity contribution is -0.176. The van der Waals surface area contributed by atoms with Crippen molar-refractivity contribution < 1.29 is 19.4 Å². The van der Waals surface area contributed by atoms with Crippen LogP contribution >= 0.6 is 0 Å². The first kappa shape index (κ1) is 21.9. The number of carbonyl (C=O) groups is 2. The number of esters is 1. The molecule has 1 N–H and O–H groups in total. The molecule has 0 fully saturated rings. The number of hydrogen-bond donors (Lipinski definition) is 1. The van der Waals surface area contributed by atoms with E-state index < -0.39 is 17.2 Å². The highest BCUT2D eigenvalue weighted by molar-refractivity contribution is 6.16. The van der Waals surface area contributed by atoms with E-state index in [1.807, 2.05) is 0 Å². The second kappa shape index (κ2) is 8.67. The van der Waals surface area contributed by atoms with Crippen molar-refractivity contribution in [3.8, 4) is 0 Å². The fourth-order valence-electron chi connectivity index (χ4n) is 4.18. The Morgan fingerprint density at radius 3 is 1.83 bits per heavy atom. The first-order chi connectivity index (χ1) is 10.5. The van der Waals surface area contributed by atoms with E-state index in [0.717, 1.165) is 25.0 Å². The maximum atomic E-state index is 12.2. The summed E-state index contributed by atoms with van der Waals surface area (Å²) in [5.41, 5.74) is -0.116. The highest BCUT2D eigenvalue weighted by Gasteiger charge is 2.55. The molecule has 5 heteroatoms. The normalized spacial score (nSPS) is 15.6. The van der Waals surface area contributed by atoms with Crippen LogP contribution in [-0.2, 0) is 14.3 Å². The van der Waals surface area contributed by atoms with Crippen molar-refractivity contribution in [2.45, 2.75) is 66.5 Å². The van der Waals surface area contributed by atoms with Gasteiger partial charge in [0, 0.05) is 17.6 Å². The van der Waals surface area contributed by atoms with Gasteiger partial charge in [-0.3, -0.25) is 0 Å². The molecule has 0 saturated heterocycles. The highest BCUT2D eigenvalue weighted by Crippen LogP contribution is 2.52. The molecule has 0 spiro atoms. The number of rotatable bonds is 9. The molecule has 0 radical (unpaired) electrons. The van der Waals surface area contributed by atoms with Gasteiger partial charge in [-0.25, -0.2) is 9.59 Å². The molecule has 0 aliphatic heterocycles. The van der Waals surface area contributed by atoms with E-state index in [4.69, 9.17) is 9.84 Å². The molecule has 0 aliphatic rings. The molecule has 0 rings (SSSR count). The fourth-order valence-corrected chi connectivity index (χ4v) is 5.79. The maximum absolute atomic E-state index is 12.2. The summed E-state index contributed by atoms with van der Waals surface area (Å²) in [6.07, 6.45) is 3.88. The number of aliphatic carboxylic acids is 1. The van der Waals surface area contributed by atoms with E-state index in [9.17, 15) is 9.59 Å². The monoisotopic (exact) mass is 342 g/mol. The van der Waals surface area contributed by atoms with Gasteiger partial charge in [-0.1, -0.05) is 54.9 Å². The molecule has 0 aliphatic carbocycles. The topological polar surface area (TPSA) is 63.6 Å². The van der Waals surface area contributed by atoms with Crippen LogP contribution in [-0.4, -0.2) is 32.5 Å². The van der Waals surface area contributed by atoms with E-state index in [1.165, 1.54) is 0 Å². The van der Waals surface area contributed by atoms with Crippen molar-refractivity contribution in [2.75, 3.05) is 0 Å². The van der Waals surface area contributed by atoms with Crippen molar-refractivity contribution in [3.05, 3.63) is 12.2 Å². The third-order valence-electron chi connectivity index (χ3n) is 5.42. The smallest absolute Gasteiger partial charge is 0.331 e. The maximum Gasteiger partial charge on any atom is 0.331 e. The minimum atomic E-state index is -1.14. The van der Waals surface area contributed by atoms with Crippen molar-refractivity contribution in [1.82, 2.24) is 0 Å². The zero-order valence-corrected chi connectivity index (χ0v) is 18.0. The Hall–Kier alpha value is -1.10. The molecule has 0 aromatic carbocycles. The molecule has 23 heavy (non-hydrogen) atoms. The predicted molar refractivity (Wildman–Crippen MR) is 97.4 cm³/mol. The lowest BCUT2D eigenvalue weighted by Gasteiger charge is -2.56. The van der Waals surface area contributed by atoms with Crippen molar-refractivity contribution in [1.29, 1.82) is 0 Å². The van der Waals surface area contributed by atoms with E-state index in [2.05, 4.69) is 48.5 Å². The van der Waals surface area contributed by atoms with Crippen LogP contribution in [0.3, 0.4) is 0 Å². The lowest BCUT2D eigenvalue weighted by atomic mass is 9.59. The summed E-state index contributed by atoms with van der Waals surface area (Å²) in [6.45, 7) is 15.1. The van der Waals surface area contributed by atoms with E-state index in [0.29, 0.717) is 22.1 Å². The number of hydrogen-bond acceptors (Lipinski definition) is 3. The second-order valence-electron chi connectivity index (χ2n) is 7.45. The Morgan fingerprint density at radius 2 is 1.52 bits per heavy atom. The SMILES string of the molecule is CCCC(C(C)C)(C(C)C)C([SiH3])(OC(=O)/C=C\C(=O)O)C(C)C. The van der Waals surface area contributed by atoms with E-state index in [-0.39, 0.29) is 11.3 Å². The summed E-state index contributed by atoms with van der Waals surface area (Å²) in [7, 11) is 0.697. The molecule has 1 atom stereocenters. The Labute approximate surface area is 144 Å². The van der Waals surface area contributed by atoms with Crippen LogP contribution in [0.4, 0.5) is 0 Å². The molecule has 0 saturated carbocycles. The van der Waals surface area contributed by atoms with Gasteiger partial charge in [-0.15, -0.1) is 0 Å². The standard InChI is InChI=1S/C18H34O4Si/c1-8-11-17(12(2)3,13(4)5)18(23,14(6)7)22-16(21)10-9-15(19)20/h9-10,12-14H,8,11H2,1-7,23H3,(H,19,20)/b10-9-. The van der Waals surface area contributed by atoms with Crippen LogP contribution in [0, 0.1) is 23.2 Å². The Balaban J connectivity index is 5.94. The van der Waals surface area contributed by atoms with Gasteiger partial charge in [0.2, 0.25) is 0 Å². The zero-order valence-electron chi connectivity index (χ0n) is 16.0. The Morgan fingerprint density at radius 1 is 1.04 bits per heavy atom. The molecule has 0 aromatic heterocycles. The van der Waals surface area contributed by atoms with Gasteiger partial charge < -0.3 is 9.84 Å². The summed E-state index contributed by atoms with van der Waals surface area (Å²) in [5.74, 6) is -0.805. The van der Waals surface area contributed by atoms with Gasteiger partial charge in [0.25, 0.3) is 0 Å². The number of carbonyl (C=O) groups excluding carboxylic acids is 1. The third kappa shape index (κ3) is 4.69. The Kier molecular flexibility index (Phi) is 8.25. The second-order valence-corrected chi connectivity index (χ2v) is 8.94. The predicted octanol–water partition coefficient (Wildman–Crippen LogP) is 2.99. The molecular weight excluding hydrogens is 308 g/mol. The van der Waals surface area contributed by atoms with Gasteiger partial charge in [0.15, 0.2) is 0 Å². The summed E-state index contributed by atoms with van der Waals surface area (Å²) < 4.78 is 5.96. The minimum absolute atomic E-state index is 0.116. The number of carboxylic acid groups (broad SMARTS) is 1. The summed E-state index contributed by atoms with van der Waals surface area (Å²) >= 11 is 0. The quantitative estimate of drug-likeness (QED) is 0.397. The van der Waals surface area contributed by atoms with E-state index in [1.54, 1.807) is 0 Å². The van der Waals surface area contributed by atoms with Gasteiger partial charge in [-0.05, 0) is 24.2 Å². The molecule has 0 amide bonds. The summed E-state index contributed by atoms with van der Waals surface area (Å²) in [4.78, 5) is 22.8. The average Bonchev–Trinajstić information content (AvgIpc) is 2.41. The summed E-state index contributed by atoms with van der Waals surface area (Å²) in [5, 5.41) is 8.17. The molecule has 0 bridgehead atoms. The Bertz CT molecular complexity index is 432. The van der Waals surface area contributed by atoms with Crippen molar-refractivity contribution in [2.24, 2.45) is 23.2 Å². The number of carboxylic acids is 1. The molecule has 4 nitrogen and oxygen atoms in total. The first-order valence-corrected chi connectivity index (χ1v) is 9.59. The van der Waals surface area contributed by atoms with Crippen molar-refractivity contribution in [3.63, 3.8) is 0 Å². The van der Waals surface area contributed by atoms with Gasteiger partial charge in [0.05, 0.1) is 15.5 Å². The van der Waals surface area contributed by atoms with Gasteiger partial charge >= 0.3 is 11.9 Å². The van der Waals surface area contributed by atoms with Crippen LogP contribution in [0.15, 0.2) is 12.2 Å². The largest absolute Gasteiger partial charge is 0.478 e. The van der Waals surface area contributed by atoms with Crippen LogP contribution in [0.25, 0.3) is 0 Å². The lowest BCUT2D eigenvalue weighted by Crippen LogP contribution is -2.60. The van der Waals surface area contributed by atoms with Gasteiger partial charge in [-0.2, -0.15) is 0 Å². The molecule has 0 aromatic rings. The fraction of sp³-hybridized carbons (Fsp3) is 0.778. The zero-order chi connectivity index (χ0) is 18.4. The van der Waals surface area contributed by atoms with Crippen LogP contribution in [0.5, 0.6) is 0 Å². The first-order valence-electron chi connectivity index (χ1n) is 8.59. The van der Waals surface area contributed by atoms with Crippen LogP contribution in [0.2, 0.25) is 0 Å². The molecular formula is C18H34O4Si. The number of ether oxygens (including phenoxy) is 1. The molecule has 0 heterocycles. The van der Waals surface area contributed by atoms with E-state index >= 15 is 0 Å².